The van der Waals surface area contributed by atoms with Crippen LogP contribution in [0.1, 0.15) is 11.4 Å². The molecule has 0 aliphatic carbocycles. The Labute approximate surface area is 75.5 Å². The van der Waals surface area contributed by atoms with E-state index in [1.165, 1.54) is 4.79 Å². The number of aryl methyl sites for hydroxylation is 2. The van der Waals surface area contributed by atoms with Gasteiger partial charge >= 0.3 is 0 Å². The third-order valence-electron chi connectivity index (χ3n) is 1.36. The van der Waals surface area contributed by atoms with Crippen molar-refractivity contribution in [3.8, 4) is 0 Å². The molecule has 0 spiro atoms. The lowest BCUT2D eigenvalue weighted by Gasteiger charge is -2.03. The number of carbonyl (C=O) groups excluding carboxylic acids is 1. The van der Waals surface area contributed by atoms with Gasteiger partial charge < -0.3 is 0 Å². The molecule has 5 heteroatoms. The summed E-state index contributed by atoms with van der Waals surface area (Å²) >= 11 is 5.31. The van der Waals surface area contributed by atoms with Crippen molar-refractivity contribution in [1.29, 1.82) is 0 Å². The molecule has 1 aromatic heterocycles. The molecule has 1 amide bonds. The van der Waals surface area contributed by atoms with Crippen molar-refractivity contribution < 1.29 is 4.79 Å². The van der Waals surface area contributed by atoms with E-state index in [1.54, 1.807) is 0 Å². The van der Waals surface area contributed by atoms with Crippen LogP contribution in [0.15, 0.2) is 6.07 Å². The van der Waals surface area contributed by atoms with Gasteiger partial charge in [-0.15, -0.1) is 11.6 Å². The van der Waals surface area contributed by atoms with Crippen LogP contribution in [-0.4, -0.2) is 21.7 Å². The van der Waals surface area contributed by atoms with Gasteiger partial charge in [-0.3, -0.25) is 4.79 Å². The molecule has 1 aromatic rings. The molecule has 0 aliphatic rings. The highest BCUT2D eigenvalue weighted by Gasteiger charge is 2.03. The fourth-order valence-electron chi connectivity index (χ4n) is 0.890. The van der Waals surface area contributed by atoms with Gasteiger partial charge in [0.1, 0.15) is 5.88 Å². The summed E-state index contributed by atoms with van der Waals surface area (Å²) in [7, 11) is 0. The van der Waals surface area contributed by atoms with E-state index in [1.807, 2.05) is 19.9 Å². The van der Waals surface area contributed by atoms with E-state index < -0.39 is 0 Å². The van der Waals surface area contributed by atoms with Crippen molar-refractivity contribution >= 4 is 17.5 Å². The zero-order chi connectivity index (χ0) is 9.14. The molecule has 0 radical (unpaired) electrons. The van der Waals surface area contributed by atoms with Crippen LogP contribution in [-0.2, 0) is 4.79 Å². The first-order valence-electron chi connectivity index (χ1n) is 3.52. The molecular weight excluding hydrogens is 178 g/mol. The van der Waals surface area contributed by atoms with E-state index in [9.17, 15) is 4.79 Å². The predicted octanol–water partition coefficient (Wildman–Crippen LogP) is 0.809. The van der Waals surface area contributed by atoms with Crippen molar-refractivity contribution in [2.24, 2.45) is 0 Å². The minimum absolute atomic E-state index is 0.0572. The molecule has 0 fully saturated rings. The molecule has 1 rings (SSSR count). The van der Waals surface area contributed by atoms with Crippen LogP contribution in [0.5, 0.6) is 0 Å². The Balaban J connectivity index is 2.75. The number of hydrogen-bond acceptors (Lipinski definition) is 2. The van der Waals surface area contributed by atoms with E-state index >= 15 is 0 Å². The quantitative estimate of drug-likeness (QED) is 0.697. The van der Waals surface area contributed by atoms with E-state index in [0.717, 1.165) is 11.4 Å². The van der Waals surface area contributed by atoms with Crippen LogP contribution in [0.2, 0.25) is 0 Å². The van der Waals surface area contributed by atoms with Crippen LogP contribution in [0, 0.1) is 13.8 Å². The first-order chi connectivity index (χ1) is 5.63. The number of carbonyl (C=O) groups is 1. The average Bonchev–Trinajstić information content (AvgIpc) is 2.30. The Morgan fingerprint density at radius 1 is 1.75 bits per heavy atom. The van der Waals surface area contributed by atoms with Crippen LogP contribution >= 0.6 is 11.6 Å². The monoisotopic (exact) mass is 187 g/mol. The van der Waals surface area contributed by atoms with E-state index in [2.05, 4.69) is 10.5 Å². The van der Waals surface area contributed by atoms with Crippen molar-refractivity contribution in [3.63, 3.8) is 0 Å². The maximum Gasteiger partial charge on any atom is 0.254 e. The number of aromatic nitrogens is 2. The molecule has 0 atom stereocenters. The highest BCUT2D eigenvalue weighted by Crippen LogP contribution is 1.98. The Morgan fingerprint density at radius 2 is 2.42 bits per heavy atom. The first kappa shape index (κ1) is 9.06. The average molecular weight is 188 g/mol. The number of alkyl halides is 1. The van der Waals surface area contributed by atoms with Gasteiger partial charge in [0, 0.05) is 0 Å². The molecule has 0 aliphatic heterocycles. The number of hydrogen-bond donors (Lipinski definition) is 1. The SMILES string of the molecule is Cc1cc(C)n(NC(=O)CCl)n1. The molecule has 66 valence electrons. The Morgan fingerprint density at radius 3 is 2.83 bits per heavy atom. The van der Waals surface area contributed by atoms with Crippen LogP contribution in [0.3, 0.4) is 0 Å². The molecule has 0 saturated carbocycles. The van der Waals surface area contributed by atoms with E-state index in [-0.39, 0.29) is 11.8 Å². The summed E-state index contributed by atoms with van der Waals surface area (Å²) in [6, 6.07) is 1.87. The van der Waals surface area contributed by atoms with Gasteiger partial charge in [0.05, 0.1) is 11.4 Å². The lowest BCUT2D eigenvalue weighted by atomic mass is 10.4. The van der Waals surface area contributed by atoms with Crippen molar-refractivity contribution in [2.75, 3.05) is 11.3 Å². The molecule has 1 N–H and O–H groups in total. The van der Waals surface area contributed by atoms with Crippen molar-refractivity contribution in [2.45, 2.75) is 13.8 Å². The number of amides is 1. The van der Waals surface area contributed by atoms with Gasteiger partial charge in [-0.2, -0.15) is 9.89 Å². The molecule has 0 bridgehead atoms. The fraction of sp³-hybridized carbons (Fsp3) is 0.429. The second-order valence-electron chi connectivity index (χ2n) is 2.51. The summed E-state index contributed by atoms with van der Waals surface area (Å²) in [6.45, 7) is 3.71. The van der Waals surface area contributed by atoms with Crippen molar-refractivity contribution in [1.82, 2.24) is 9.89 Å². The zero-order valence-corrected chi connectivity index (χ0v) is 7.72. The number of halogens is 1. The zero-order valence-electron chi connectivity index (χ0n) is 6.97. The maximum absolute atomic E-state index is 10.8. The first-order valence-corrected chi connectivity index (χ1v) is 4.06. The molecule has 0 saturated heterocycles. The number of rotatable bonds is 2. The second kappa shape index (κ2) is 3.58. The lowest BCUT2D eigenvalue weighted by molar-refractivity contribution is -0.114. The van der Waals surface area contributed by atoms with Crippen LogP contribution in [0.4, 0.5) is 0 Å². The molecule has 1 heterocycles. The molecule has 12 heavy (non-hydrogen) atoms. The standard InChI is InChI=1S/C7H10ClN3O/c1-5-3-6(2)11(9-5)10-7(12)4-8/h3H,4H2,1-2H3,(H,10,12). The van der Waals surface area contributed by atoms with Gasteiger partial charge in [0.2, 0.25) is 0 Å². The van der Waals surface area contributed by atoms with Gasteiger partial charge in [0.15, 0.2) is 0 Å². The molecular formula is C7H10ClN3O. The minimum atomic E-state index is -0.261. The largest absolute Gasteiger partial charge is 0.272 e. The lowest BCUT2D eigenvalue weighted by Crippen LogP contribution is -2.25. The second-order valence-corrected chi connectivity index (χ2v) is 2.77. The highest BCUT2D eigenvalue weighted by molar-refractivity contribution is 6.28. The Hall–Kier alpha value is -1.03. The number of nitrogens with zero attached hydrogens (tertiary/aromatic N) is 2. The fourth-order valence-corrected chi connectivity index (χ4v) is 0.950. The van der Waals surface area contributed by atoms with Gasteiger partial charge in [0.25, 0.3) is 5.91 Å². The van der Waals surface area contributed by atoms with E-state index in [4.69, 9.17) is 11.6 Å². The van der Waals surface area contributed by atoms with Gasteiger partial charge in [-0.1, -0.05) is 0 Å². The summed E-state index contributed by atoms with van der Waals surface area (Å²) in [6.07, 6.45) is 0. The summed E-state index contributed by atoms with van der Waals surface area (Å²) in [5, 5.41) is 4.02. The molecule has 0 unspecified atom stereocenters. The number of nitrogens with one attached hydrogen (secondary N) is 1. The van der Waals surface area contributed by atoms with Gasteiger partial charge in [-0.25, -0.2) is 5.43 Å². The minimum Gasteiger partial charge on any atom is -0.272 e. The molecule has 0 aromatic carbocycles. The summed E-state index contributed by atoms with van der Waals surface area (Å²) in [5.41, 5.74) is 4.26. The van der Waals surface area contributed by atoms with Crippen molar-refractivity contribution in [3.05, 3.63) is 17.5 Å². The Bertz CT molecular complexity index is 295. The summed E-state index contributed by atoms with van der Waals surface area (Å²) in [5.74, 6) is -0.318. The smallest absolute Gasteiger partial charge is 0.254 e. The van der Waals surface area contributed by atoms with E-state index in [0.29, 0.717) is 0 Å². The molecule has 4 nitrogen and oxygen atoms in total. The van der Waals surface area contributed by atoms with Gasteiger partial charge in [-0.05, 0) is 19.9 Å². The maximum atomic E-state index is 10.8. The third-order valence-corrected chi connectivity index (χ3v) is 1.60. The Kier molecular flexibility index (Phi) is 2.70. The summed E-state index contributed by atoms with van der Waals surface area (Å²) < 4.78 is 0. The highest BCUT2D eigenvalue weighted by atomic mass is 35.5. The summed E-state index contributed by atoms with van der Waals surface area (Å²) in [4.78, 5) is 12.3. The van der Waals surface area contributed by atoms with Crippen LogP contribution in [0.25, 0.3) is 0 Å². The predicted molar refractivity (Wildman–Crippen MR) is 46.8 cm³/mol. The van der Waals surface area contributed by atoms with Crippen LogP contribution < -0.4 is 5.43 Å². The topological polar surface area (TPSA) is 46.9 Å². The third kappa shape index (κ3) is 1.98. The normalized spacial score (nSPS) is 9.92.